The number of nitrogens with two attached hydrogens (primary N) is 1. The lowest BCUT2D eigenvalue weighted by atomic mass is 9.98. The second-order valence-corrected chi connectivity index (χ2v) is 5.11. The molecule has 0 aliphatic heterocycles. The number of hydrogen-bond donors (Lipinski definition) is 2. The van der Waals surface area contributed by atoms with Gasteiger partial charge in [-0.25, -0.2) is 4.39 Å². The first-order chi connectivity index (χ1) is 9.51. The molecule has 20 heavy (non-hydrogen) atoms. The van der Waals surface area contributed by atoms with Crippen molar-refractivity contribution < 1.29 is 4.39 Å². The molecule has 3 N–H and O–H groups in total. The molecule has 0 aliphatic carbocycles. The molecule has 1 heterocycles. The molecule has 0 amide bonds. The van der Waals surface area contributed by atoms with E-state index in [1.54, 1.807) is 12.1 Å². The summed E-state index contributed by atoms with van der Waals surface area (Å²) in [5.74, 6) is 5.19. The predicted octanol–water partition coefficient (Wildman–Crippen LogP) is 2.63. The zero-order chi connectivity index (χ0) is 14.7. The minimum absolute atomic E-state index is 0.114. The number of nitrogens with zero attached hydrogens (tertiary/aromatic N) is 2. The van der Waals surface area contributed by atoms with E-state index in [4.69, 9.17) is 17.4 Å². The Morgan fingerprint density at radius 2 is 2.05 bits per heavy atom. The van der Waals surface area contributed by atoms with Crippen LogP contribution in [0.2, 0.25) is 5.02 Å². The van der Waals surface area contributed by atoms with Gasteiger partial charge in [0.15, 0.2) is 0 Å². The fourth-order valence-corrected chi connectivity index (χ4v) is 2.20. The van der Waals surface area contributed by atoms with Crippen LogP contribution in [0.5, 0.6) is 0 Å². The fourth-order valence-electron chi connectivity index (χ4n) is 2.08. The van der Waals surface area contributed by atoms with Gasteiger partial charge in [-0.15, -0.1) is 0 Å². The van der Waals surface area contributed by atoms with Crippen molar-refractivity contribution in [3.05, 3.63) is 57.6 Å². The number of aryl methyl sites for hydroxylation is 2. The Bertz CT molecular complexity index is 618. The molecule has 0 fully saturated rings. The molecule has 0 saturated carbocycles. The fraction of sp³-hybridized carbons (Fsp3) is 0.286. The Labute approximate surface area is 122 Å². The molecule has 1 aromatic carbocycles. The van der Waals surface area contributed by atoms with Crippen LogP contribution >= 0.6 is 11.6 Å². The standard InChI is InChI=1S/C14H16ClFN4/c1-8-5-11(9(2)20-19-8)14(18-17)7-10-3-4-12(15)13(16)6-10/h3-6,14,18H,7,17H2,1-2H3. The average molecular weight is 295 g/mol. The molecule has 1 unspecified atom stereocenters. The monoisotopic (exact) mass is 294 g/mol. The lowest BCUT2D eigenvalue weighted by Gasteiger charge is -2.18. The molecule has 4 nitrogen and oxygen atoms in total. The predicted molar refractivity (Wildman–Crippen MR) is 76.7 cm³/mol. The highest BCUT2D eigenvalue weighted by Crippen LogP contribution is 2.22. The Morgan fingerprint density at radius 3 is 2.70 bits per heavy atom. The van der Waals surface area contributed by atoms with Gasteiger partial charge in [-0.3, -0.25) is 11.3 Å². The van der Waals surface area contributed by atoms with Crippen LogP contribution in [0.3, 0.4) is 0 Å². The molecule has 0 aliphatic rings. The van der Waals surface area contributed by atoms with Crippen LogP contribution in [0.4, 0.5) is 4.39 Å². The van der Waals surface area contributed by atoms with E-state index >= 15 is 0 Å². The summed E-state index contributed by atoms with van der Waals surface area (Å²) in [6.45, 7) is 3.74. The van der Waals surface area contributed by atoms with Crippen molar-refractivity contribution in [1.29, 1.82) is 0 Å². The topological polar surface area (TPSA) is 63.8 Å². The summed E-state index contributed by atoms with van der Waals surface area (Å²) in [5, 5.41) is 8.19. The molecule has 0 bridgehead atoms. The van der Waals surface area contributed by atoms with Crippen molar-refractivity contribution in [3.8, 4) is 0 Å². The van der Waals surface area contributed by atoms with Gasteiger partial charge in [-0.2, -0.15) is 10.2 Å². The molecule has 2 rings (SSSR count). The van der Waals surface area contributed by atoms with Crippen molar-refractivity contribution in [3.63, 3.8) is 0 Å². The summed E-state index contributed by atoms with van der Waals surface area (Å²) in [6, 6.07) is 6.52. The van der Waals surface area contributed by atoms with E-state index < -0.39 is 5.82 Å². The minimum atomic E-state index is -0.430. The van der Waals surface area contributed by atoms with Gasteiger partial charge in [0.25, 0.3) is 0 Å². The number of halogens is 2. The van der Waals surface area contributed by atoms with Crippen LogP contribution in [0.15, 0.2) is 24.3 Å². The van der Waals surface area contributed by atoms with Crippen LogP contribution in [-0.4, -0.2) is 10.2 Å². The highest BCUT2D eigenvalue weighted by atomic mass is 35.5. The van der Waals surface area contributed by atoms with Crippen molar-refractivity contribution in [2.75, 3.05) is 0 Å². The van der Waals surface area contributed by atoms with Crippen molar-refractivity contribution >= 4 is 11.6 Å². The molecule has 1 aromatic heterocycles. The van der Waals surface area contributed by atoms with Gasteiger partial charge in [0, 0.05) is 0 Å². The Hall–Kier alpha value is -1.56. The van der Waals surface area contributed by atoms with Crippen molar-refractivity contribution in [1.82, 2.24) is 15.6 Å². The van der Waals surface area contributed by atoms with Gasteiger partial charge >= 0.3 is 0 Å². The second kappa shape index (κ2) is 6.26. The Balaban J connectivity index is 2.28. The van der Waals surface area contributed by atoms with Crippen LogP contribution < -0.4 is 11.3 Å². The summed E-state index contributed by atoms with van der Waals surface area (Å²) in [4.78, 5) is 0. The third-order valence-corrected chi connectivity index (χ3v) is 3.45. The molecule has 6 heteroatoms. The molecule has 106 valence electrons. The number of benzene rings is 1. The number of rotatable bonds is 4. The van der Waals surface area contributed by atoms with Gasteiger partial charge in [-0.1, -0.05) is 17.7 Å². The Morgan fingerprint density at radius 1 is 1.30 bits per heavy atom. The zero-order valence-electron chi connectivity index (χ0n) is 11.3. The first-order valence-electron chi connectivity index (χ1n) is 6.22. The van der Waals surface area contributed by atoms with Crippen LogP contribution in [0, 0.1) is 19.7 Å². The van der Waals surface area contributed by atoms with Gasteiger partial charge in [0.1, 0.15) is 5.82 Å². The summed E-state index contributed by atoms with van der Waals surface area (Å²) in [7, 11) is 0. The Kier molecular flexibility index (Phi) is 4.65. The van der Waals surface area contributed by atoms with Gasteiger partial charge < -0.3 is 0 Å². The molecule has 1 atom stereocenters. The maximum atomic E-state index is 13.5. The molecule has 2 aromatic rings. The average Bonchev–Trinajstić information content (AvgIpc) is 2.43. The molecule has 0 saturated heterocycles. The number of hydrogen-bond acceptors (Lipinski definition) is 4. The number of aromatic nitrogens is 2. The smallest absolute Gasteiger partial charge is 0.142 e. The highest BCUT2D eigenvalue weighted by Gasteiger charge is 2.15. The van der Waals surface area contributed by atoms with E-state index in [1.807, 2.05) is 19.9 Å². The highest BCUT2D eigenvalue weighted by molar-refractivity contribution is 6.30. The van der Waals surface area contributed by atoms with Crippen molar-refractivity contribution in [2.45, 2.75) is 26.3 Å². The second-order valence-electron chi connectivity index (χ2n) is 4.70. The molecular formula is C14H16ClFN4. The van der Waals surface area contributed by atoms with E-state index in [1.165, 1.54) is 6.07 Å². The lowest BCUT2D eigenvalue weighted by molar-refractivity contribution is 0.541. The first-order valence-corrected chi connectivity index (χ1v) is 6.60. The van der Waals surface area contributed by atoms with E-state index in [2.05, 4.69) is 15.6 Å². The van der Waals surface area contributed by atoms with Crippen LogP contribution in [-0.2, 0) is 6.42 Å². The SMILES string of the molecule is Cc1cc(C(Cc2ccc(Cl)c(F)c2)NN)c(C)nn1. The third kappa shape index (κ3) is 3.30. The molecular weight excluding hydrogens is 279 g/mol. The van der Waals surface area contributed by atoms with Gasteiger partial charge in [-0.05, 0) is 49.6 Å². The van der Waals surface area contributed by atoms with E-state index in [0.29, 0.717) is 6.42 Å². The summed E-state index contributed by atoms with van der Waals surface area (Å²) >= 11 is 5.68. The first kappa shape index (κ1) is 14.8. The number of nitrogens with one attached hydrogen (secondary N) is 1. The summed E-state index contributed by atoms with van der Waals surface area (Å²) in [5.41, 5.74) is 6.12. The maximum Gasteiger partial charge on any atom is 0.142 e. The van der Waals surface area contributed by atoms with Crippen LogP contribution in [0.25, 0.3) is 0 Å². The normalized spacial score (nSPS) is 12.4. The number of hydrazine groups is 1. The van der Waals surface area contributed by atoms with Crippen LogP contribution in [0.1, 0.15) is 28.6 Å². The quantitative estimate of drug-likeness (QED) is 0.672. The van der Waals surface area contributed by atoms with Gasteiger partial charge in [0.05, 0.1) is 22.5 Å². The van der Waals surface area contributed by atoms with E-state index in [-0.39, 0.29) is 11.1 Å². The van der Waals surface area contributed by atoms with Gasteiger partial charge in [0.2, 0.25) is 0 Å². The minimum Gasteiger partial charge on any atom is -0.271 e. The molecule has 0 spiro atoms. The largest absolute Gasteiger partial charge is 0.271 e. The van der Waals surface area contributed by atoms with E-state index in [0.717, 1.165) is 22.5 Å². The lowest BCUT2D eigenvalue weighted by Crippen LogP contribution is -2.30. The van der Waals surface area contributed by atoms with Crippen molar-refractivity contribution in [2.24, 2.45) is 5.84 Å². The molecule has 0 radical (unpaired) electrons. The summed E-state index contributed by atoms with van der Waals surface area (Å²) < 4.78 is 13.5. The maximum absolute atomic E-state index is 13.5. The third-order valence-electron chi connectivity index (χ3n) is 3.14. The van der Waals surface area contributed by atoms with E-state index in [9.17, 15) is 4.39 Å². The summed E-state index contributed by atoms with van der Waals surface area (Å²) in [6.07, 6.45) is 0.538. The zero-order valence-corrected chi connectivity index (χ0v) is 12.1.